The summed E-state index contributed by atoms with van der Waals surface area (Å²) in [6, 6.07) is 11.3. The molecule has 1 aliphatic carbocycles. The van der Waals surface area contributed by atoms with E-state index in [2.05, 4.69) is 26.7 Å². The Balaban J connectivity index is 1.16. The normalized spacial score (nSPS) is 21.3. The number of amides is 2. The van der Waals surface area contributed by atoms with Crippen LogP contribution >= 0.6 is 0 Å². The predicted octanol–water partition coefficient (Wildman–Crippen LogP) is 5.01. The number of hydrogen-bond donors (Lipinski definition) is 2. The maximum absolute atomic E-state index is 13.2. The molecule has 0 radical (unpaired) electrons. The first-order chi connectivity index (χ1) is 22.4. The maximum atomic E-state index is 13.2. The number of nitrogens with one attached hydrogen (secondary N) is 2. The van der Waals surface area contributed by atoms with Gasteiger partial charge in [0.1, 0.15) is 12.7 Å². The molecule has 2 amide bonds. The summed E-state index contributed by atoms with van der Waals surface area (Å²) in [6.45, 7) is 8.83. The van der Waals surface area contributed by atoms with Crippen LogP contribution < -0.4 is 10.6 Å². The molecular weight excluding hydrogens is 586 g/mol. The van der Waals surface area contributed by atoms with Gasteiger partial charge in [0.15, 0.2) is 12.0 Å². The summed E-state index contributed by atoms with van der Waals surface area (Å²) in [5.41, 5.74) is 3.07. The van der Waals surface area contributed by atoms with Crippen LogP contribution in [0.25, 0.3) is 0 Å². The highest BCUT2D eigenvalue weighted by atomic mass is 16.7. The molecular formula is C35H49N5O6. The Hall–Kier alpha value is -3.67. The van der Waals surface area contributed by atoms with E-state index in [4.69, 9.17) is 18.9 Å². The zero-order valence-electron chi connectivity index (χ0n) is 27.4. The molecule has 2 bridgehead atoms. The molecule has 2 N–H and O–H groups in total. The Bertz CT molecular complexity index is 1340. The van der Waals surface area contributed by atoms with Crippen LogP contribution in [0.1, 0.15) is 80.2 Å². The van der Waals surface area contributed by atoms with E-state index in [0.717, 1.165) is 74.3 Å². The lowest BCUT2D eigenvalue weighted by molar-refractivity contribution is -0.139. The summed E-state index contributed by atoms with van der Waals surface area (Å²) < 4.78 is 25.0. The van der Waals surface area contributed by atoms with E-state index in [0.29, 0.717) is 37.8 Å². The van der Waals surface area contributed by atoms with Crippen LogP contribution in [0.4, 0.5) is 4.79 Å². The monoisotopic (exact) mass is 635 g/mol. The summed E-state index contributed by atoms with van der Waals surface area (Å²) in [6.07, 6.45) is 8.59. The van der Waals surface area contributed by atoms with Crippen LogP contribution in [-0.4, -0.2) is 78.5 Å². The average molecular weight is 636 g/mol. The van der Waals surface area contributed by atoms with Crippen molar-refractivity contribution in [2.45, 2.75) is 77.4 Å². The minimum atomic E-state index is -0.390. The molecule has 0 saturated carbocycles. The Morgan fingerprint density at radius 1 is 1.09 bits per heavy atom. The average Bonchev–Trinajstić information content (AvgIpc) is 3.46. The fraction of sp³-hybridized carbons (Fsp3) is 0.571. The molecule has 11 nitrogen and oxygen atoms in total. The molecule has 0 spiro atoms. The molecule has 3 saturated heterocycles. The summed E-state index contributed by atoms with van der Waals surface area (Å²) in [4.78, 5) is 28.3. The van der Waals surface area contributed by atoms with Gasteiger partial charge in [-0.1, -0.05) is 36.4 Å². The predicted molar refractivity (Wildman–Crippen MR) is 174 cm³/mol. The molecule has 250 valence electrons. The van der Waals surface area contributed by atoms with Crippen LogP contribution in [0.15, 0.2) is 59.9 Å². The van der Waals surface area contributed by atoms with Gasteiger partial charge >= 0.3 is 6.09 Å². The van der Waals surface area contributed by atoms with Crippen molar-refractivity contribution in [3.63, 3.8) is 0 Å². The molecule has 0 unspecified atom stereocenters. The van der Waals surface area contributed by atoms with Crippen molar-refractivity contribution in [3.05, 3.63) is 76.8 Å². The second-order valence-corrected chi connectivity index (χ2v) is 12.1. The van der Waals surface area contributed by atoms with Crippen molar-refractivity contribution < 1.29 is 28.5 Å². The molecule has 1 aromatic heterocycles. The smallest absolute Gasteiger partial charge is 0.408 e. The third-order valence-corrected chi connectivity index (χ3v) is 8.90. The Morgan fingerprint density at radius 3 is 2.54 bits per heavy atom. The molecule has 4 heterocycles. The number of benzene rings is 1. The van der Waals surface area contributed by atoms with Gasteiger partial charge in [0.05, 0.1) is 17.5 Å². The number of ether oxygens (including phenoxy) is 4. The highest BCUT2D eigenvalue weighted by Crippen LogP contribution is 2.32. The summed E-state index contributed by atoms with van der Waals surface area (Å²) in [5.74, 6) is 1.03. The Kier molecular flexibility index (Phi) is 12.3. The fourth-order valence-electron chi connectivity index (χ4n) is 6.42. The van der Waals surface area contributed by atoms with Crippen LogP contribution in [0, 0.1) is 5.92 Å². The van der Waals surface area contributed by atoms with Crippen LogP contribution in [-0.2, 0) is 32.6 Å². The number of allylic oxidation sites excluding steroid dienone is 2. The highest BCUT2D eigenvalue weighted by Gasteiger charge is 2.37. The lowest BCUT2D eigenvalue weighted by atomic mass is 9.86. The Morgan fingerprint density at radius 2 is 1.85 bits per heavy atom. The molecule has 3 aliphatic heterocycles. The molecule has 6 rings (SSSR count). The number of carbonyl (C=O) groups excluding carboxylic acids is 2. The molecule has 2 aromatic rings. The number of aromatic nitrogens is 2. The van der Waals surface area contributed by atoms with E-state index in [1.165, 1.54) is 0 Å². The molecule has 46 heavy (non-hydrogen) atoms. The van der Waals surface area contributed by atoms with E-state index in [1.54, 1.807) is 17.8 Å². The van der Waals surface area contributed by atoms with E-state index in [9.17, 15) is 9.59 Å². The topological polar surface area (TPSA) is 116 Å². The standard InChI is InChI=1S/C35H49N5O6/c1-4-43-32(44-5-2)15-10-18-36-34(41)30-22-28(39(3)38-30)24-45-29-14-9-13-27(21-29)33(26-11-7-6-8-12-26)37-35(42)46-31-23-40-19-16-25(31)17-20-40/h6-8,11-13,21-22,25,31-33H,4-5,9-10,14-20,23-24H2,1-3H3,(H,36,41)(H,37,42)/t31-,33-/m0/s1. The quantitative estimate of drug-likeness (QED) is 0.195. The van der Waals surface area contributed by atoms with Gasteiger partial charge in [-0.15, -0.1) is 0 Å². The maximum Gasteiger partial charge on any atom is 0.408 e. The van der Waals surface area contributed by atoms with Crippen LogP contribution in [0.5, 0.6) is 0 Å². The van der Waals surface area contributed by atoms with Gasteiger partial charge < -0.3 is 29.6 Å². The number of fused-ring (bicyclic) bond motifs is 3. The van der Waals surface area contributed by atoms with E-state index in [1.807, 2.05) is 50.3 Å². The summed E-state index contributed by atoms with van der Waals surface area (Å²) >= 11 is 0. The van der Waals surface area contributed by atoms with Crippen molar-refractivity contribution in [1.29, 1.82) is 0 Å². The van der Waals surface area contributed by atoms with Gasteiger partial charge in [0, 0.05) is 46.2 Å². The van der Waals surface area contributed by atoms with E-state index >= 15 is 0 Å². The minimum absolute atomic E-state index is 0.0623. The summed E-state index contributed by atoms with van der Waals surface area (Å²) in [7, 11) is 1.81. The number of piperidine rings is 3. The van der Waals surface area contributed by atoms with Crippen molar-refractivity contribution in [2.75, 3.05) is 39.4 Å². The van der Waals surface area contributed by atoms with E-state index in [-0.39, 0.29) is 37.0 Å². The van der Waals surface area contributed by atoms with Gasteiger partial charge in [-0.3, -0.25) is 14.4 Å². The fourth-order valence-corrected chi connectivity index (χ4v) is 6.42. The molecule has 3 fully saturated rings. The van der Waals surface area contributed by atoms with Gasteiger partial charge in [-0.2, -0.15) is 5.10 Å². The first-order valence-electron chi connectivity index (χ1n) is 16.8. The number of carbonyl (C=O) groups is 2. The minimum Gasteiger partial charge on any atom is -0.492 e. The third kappa shape index (κ3) is 9.20. The summed E-state index contributed by atoms with van der Waals surface area (Å²) in [5, 5.41) is 10.5. The number of nitrogens with zero attached hydrogens (tertiary/aromatic N) is 3. The van der Waals surface area contributed by atoms with Gasteiger partial charge in [0.25, 0.3) is 5.91 Å². The lowest BCUT2D eigenvalue weighted by Gasteiger charge is -2.44. The van der Waals surface area contributed by atoms with Crippen LogP contribution in [0.2, 0.25) is 0 Å². The number of aryl methyl sites for hydroxylation is 1. The molecule has 4 aliphatic rings. The largest absolute Gasteiger partial charge is 0.492 e. The second kappa shape index (κ2) is 16.8. The Labute approximate surface area is 272 Å². The number of rotatable bonds is 16. The van der Waals surface area contributed by atoms with Gasteiger partial charge in [0.2, 0.25) is 0 Å². The third-order valence-electron chi connectivity index (χ3n) is 8.90. The van der Waals surface area contributed by atoms with Gasteiger partial charge in [-0.25, -0.2) is 4.79 Å². The van der Waals surface area contributed by atoms with Crippen LogP contribution in [0.3, 0.4) is 0 Å². The van der Waals surface area contributed by atoms with Crippen molar-refractivity contribution in [2.24, 2.45) is 13.0 Å². The number of alkyl carbamates (subject to hydrolysis) is 1. The zero-order chi connectivity index (χ0) is 32.3. The van der Waals surface area contributed by atoms with Gasteiger partial charge in [-0.05, 0) is 81.8 Å². The lowest BCUT2D eigenvalue weighted by Crippen LogP contribution is -2.52. The molecule has 11 heteroatoms. The SMILES string of the molecule is CCOC(CCCNC(=O)c1cc(COC2=CC([C@@H](NC(=O)O[C@H]3CN4CCC3CC4)c3ccccc3)=CCC2)n(C)n1)OCC. The molecule has 2 atom stereocenters. The molecule has 1 aromatic carbocycles. The van der Waals surface area contributed by atoms with Crippen molar-refractivity contribution >= 4 is 12.0 Å². The highest BCUT2D eigenvalue weighted by molar-refractivity contribution is 5.92. The first-order valence-corrected chi connectivity index (χ1v) is 16.8. The van der Waals surface area contributed by atoms with E-state index < -0.39 is 0 Å². The zero-order valence-corrected chi connectivity index (χ0v) is 27.4. The van der Waals surface area contributed by atoms with Crippen molar-refractivity contribution in [1.82, 2.24) is 25.3 Å². The number of hydrogen-bond acceptors (Lipinski definition) is 8. The second-order valence-electron chi connectivity index (χ2n) is 12.1. The first kappa shape index (κ1) is 33.7. The van der Waals surface area contributed by atoms with Crippen molar-refractivity contribution in [3.8, 4) is 0 Å².